The molecule has 0 saturated heterocycles. The summed E-state index contributed by atoms with van der Waals surface area (Å²) < 4.78 is 249. The van der Waals surface area contributed by atoms with Crippen molar-refractivity contribution in [2.24, 2.45) is 0 Å². The van der Waals surface area contributed by atoms with Crippen LogP contribution in [-0.4, -0.2) is 53.8 Å². The van der Waals surface area contributed by atoms with Gasteiger partial charge in [0.25, 0.3) is 0 Å². The minimum atomic E-state index is -8.49. The zero-order chi connectivity index (χ0) is 25.9. The lowest BCUT2D eigenvalue weighted by molar-refractivity contribution is -0.435. The van der Waals surface area contributed by atoms with Gasteiger partial charge in [0.15, 0.2) is 0 Å². The third-order valence-electron chi connectivity index (χ3n) is 3.06. The van der Waals surface area contributed by atoms with Crippen molar-refractivity contribution in [3.05, 3.63) is 0 Å². The highest BCUT2D eigenvalue weighted by Crippen LogP contribution is 2.60. The van der Waals surface area contributed by atoms with Crippen LogP contribution in [0.1, 0.15) is 0 Å². The molecule has 0 rings (SSSR count). The molecule has 0 unspecified atom stereocenters. The predicted molar refractivity (Wildman–Crippen MR) is 54.5 cm³/mol. The summed E-state index contributed by atoms with van der Waals surface area (Å²) in [6.45, 7) is 0. The standard InChI is InChI=1S/C11F20/c12-3(13,1-2-4(14,15)6(18,19)10(26,27)28)5(16,17)7(20,21)8(22,23)9(24,25)11(29,30)31. The second kappa shape index (κ2) is 7.08. The number of rotatable bonds is 5. The van der Waals surface area contributed by atoms with E-state index in [4.69, 9.17) is 0 Å². The third kappa shape index (κ3) is 4.15. The van der Waals surface area contributed by atoms with Gasteiger partial charge in [-0.25, -0.2) is 0 Å². The van der Waals surface area contributed by atoms with Gasteiger partial charge in [0.1, 0.15) is 0 Å². The summed E-state index contributed by atoms with van der Waals surface area (Å²) in [5, 5.41) is 0. The summed E-state index contributed by atoms with van der Waals surface area (Å²) in [5.41, 5.74) is 0. The van der Waals surface area contributed by atoms with Crippen molar-refractivity contribution in [1.29, 1.82) is 0 Å². The topological polar surface area (TPSA) is 0 Å². The normalized spacial score (nSPS) is 16.1. The fourth-order valence-corrected chi connectivity index (χ4v) is 1.26. The Kier molecular flexibility index (Phi) is 6.66. The van der Waals surface area contributed by atoms with E-state index in [0.29, 0.717) is 0 Å². The van der Waals surface area contributed by atoms with E-state index < -0.39 is 65.7 Å². The maximum absolute atomic E-state index is 13.1. The van der Waals surface area contributed by atoms with Crippen molar-refractivity contribution in [2.45, 2.75) is 53.8 Å². The van der Waals surface area contributed by atoms with Crippen molar-refractivity contribution in [3.8, 4) is 11.8 Å². The van der Waals surface area contributed by atoms with Gasteiger partial charge in [0.2, 0.25) is 0 Å². The summed E-state index contributed by atoms with van der Waals surface area (Å²) in [7, 11) is 0. The van der Waals surface area contributed by atoms with Gasteiger partial charge in [-0.05, 0) is 11.8 Å². The summed E-state index contributed by atoms with van der Waals surface area (Å²) in [4.78, 5) is 0. The lowest BCUT2D eigenvalue weighted by Gasteiger charge is -2.38. The molecule has 0 atom stereocenters. The molecule has 0 aromatic rings. The smallest absolute Gasteiger partial charge is 0.192 e. The van der Waals surface area contributed by atoms with Crippen LogP contribution >= 0.6 is 0 Å². The first-order valence-corrected chi connectivity index (χ1v) is 6.28. The highest BCUT2D eigenvalue weighted by molar-refractivity contribution is 5.26. The summed E-state index contributed by atoms with van der Waals surface area (Å²) in [6.07, 6.45) is -15.1. The van der Waals surface area contributed by atoms with E-state index in [1.54, 1.807) is 0 Å². The average molecular weight is 512 g/mol. The summed E-state index contributed by atoms with van der Waals surface area (Å²) >= 11 is 0. The summed E-state index contributed by atoms with van der Waals surface area (Å²) in [6, 6.07) is 0. The van der Waals surface area contributed by atoms with E-state index in [-0.39, 0.29) is 0 Å². The molecule has 20 heteroatoms. The first-order valence-electron chi connectivity index (χ1n) is 6.28. The van der Waals surface area contributed by atoms with E-state index in [1.807, 2.05) is 0 Å². The Morgan fingerprint density at radius 3 is 0.742 bits per heavy atom. The Morgan fingerprint density at radius 2 is 0.484 bits per heavy atom. The minimum absolute atomic E-state index is 1.23. The van der Waals surface area contributed by atoms with Gasteiger partial charge in [-0.2, -0.15) is 87.8 Å². The molecule has 0 aliphatic heterocycles. The molecule has 0 aliphatic carbocycles. The van der Waals surface area contributed by atoms with Crippen LogP contribution in [0.4, 0.5) is 87.8 Å². The van der Waals surface area contributed by atoms with Crippen LogP contribution in [0.2, 0.25) is 0 Å². The molecule has 184 valence electrons. The van der Waals surface area contributed by atoms with Gasteiger partial charge in [0, 0.05) is 0 Å². The van der Waals surface area contributed by atoms with Crippen LogP contribution in [0, 0.1) is 11.8 Å². The lowest BCUT2D eigenvalue weighted by atomic mass is 9.94. The number of halogens is 20. The zero-order valence-corrected chi connectivity index (χ0v) is 13.1. The largest absolute Gasteiger partial charge is 0.461 e. The molecular formula is C11F20. The van der Waals surface area contributed by atoms with Gasteiger partial charge in [0.05, 0.1) is 0 Å². The van der Waals surface area contributed by atoms with E-state index in [0.717, 1.165) is 0 Å². The molecule has 0 aromatic carbocycles. The molecule has 0 aromatic heterocycles. The molecule has 31 heavy (non-hydrogen) atoms. The van der Waals surface area contributed by atoms with E-state index in [1.165, 1.54) is 0 Å². The van der Waals surface area contributed by atoms with Gasteiger partial charge >= 0.3 is 53.8 Å². The second-order valence-electron chi connectivity index (χ2n) is 5.27. The molecule has 0 aliphatic rings. The van der Waals surface area contributed by atoms with Crippen molar-refractivity contribution < 1.29 is 87.8 Å². The minimum Gasteiger partial charge on any atom is -0.192 e. The molecule has 0 bridgehead atoms. The quantitative estimate of drug-likeness (QED) is 0.289. The predicted octanol–water partition coefficient (Wildman–Crippen LogP) is 6.56. The Labute approximate surface area is 155 Å². The molecule has 0 fully saturated rings. The molecule has 0 radical (unpaired) electrons. The van der Waals surface area contributed by atoms with Gasteiger partial charge in [-0.15, -0.1) is 0 Å². The monoisotopic (exact) mass is 512 g/mol. The highest BCUT2D eigenvalue weighted by atomic mass is 19.4. The fourth-order valence-electron chi connectivity index (χ4n) is 1.26. The van der Waals surface area contributed by atoms with Crippen LogP contribution in [0.3, 0.4) is 0 Å². The first-order chi connectivity index (χ1) is 13.0. The van der Waals surface area contributed by atoms with Gasteiger partial charge < -0.3 is 0 Å². The van der Waals surface area contributed by atoms with Crippen molar-refractivity contribution in [3.63, 3.8) is 0 Å². The molecule has 0 N–H and O–H groups in total. The first kappa shape index (κ1) is 29.2. The Bertz CT molecular complexity index is 721. The van der Waals surface area contributed by atoms with E-state index in [2.05, 4.69) is 0 Å². The second-order valence-corrected chi connectivity index (χ2v) is 5.27. The fraction of sp³-hybridized carbons (Fsp3) is 0.818. The van der Waals surface area contributed by atoms with Gasteiger partial charge in [-0.3, -0.25) is 0 Å². The molecular weight excluding hydrogens is 512 g/mol. The van der Waals surface area contributed by atoms with Crippen molar-refractivity contribution in [1.82, 2.24) is 0 Å². The highest BCUT2D eigenvalue weighted by Gasteiger charge is 2.90. The van der Waals surface area contributed by atoms with E-state index >= 15 is 0 Å². The summed E-state index contributed by atoms with van der Waals surface area (Å²) in [5.74, 6) is -58.0. The maximum Gasteiger partial charge on any atom is 0.461 e. The number of hydrogen-bond acceptors (Lipinski definition) is 0. The molecule has 0 saturated carbocycles. The SMILES string of the molecule is FC(F)(F)C(F)(F)C(F)(F)C#CC(F)(F)C(F)(F)C(F)(F)C(F)(F)C(F)(F)C(F)(F)F. The Balaban J connectivity index is 6.57. The number of alkyl halides is 20. The Hall–Kier alpha value is -1.84. The van der Waals surface area contributed by atoms with Crippen molar-refractivity contribution >= 4 is 0 Å². The Morgan fingerprint density at radius 1 is 0.258 bits per heavy atom. The van der Waals surface area contributed by atoms with Crippen LogP contribution in [0.15, 0.2) is 0 Å². The van der Waals surface area contributed by atoms with Crippen LogP contribution < -0.4 is 0 Å². The molecule has 0 heterocycles. The lowest BCUT2D eigenvalue weighted by Crippen LogP contribution is -2.69. The van der Waals surface area contributed by atoms with E-state index in [9.17, 15) is 87.8 Å². The molecule has 0 amide bonds. The maximum atomic E-state index is 13.1. The van der Waals surface area contributed by atoms with Crippen LogP contribution in [0.25, 0.3) is 0 Å². The van der Waals surface area contributed by atoms with Crippen molar-refractivity contribution in [2.75, 3.05) is 0 Å². The number of hydrogen-bond donors (Lipinski definition) is 0. The zero-order valence-electron chi connectivity index (χ0n) is 13.1. The average Bonchev–Trinajstić information content (AvgIpc) is 2.50. The van der Waals surface area contributed by atoms with Crippen LogP contribution in [-0.2, 0) is 0 Å². The molecule has 0 spiro atoms. The van der Waals surface area contributed by atoms with Crippen LogP contribution in [0.5, 0.6) is 0 Å². The van der Waals surface area contributed by atoms with Gasteiger partial charge in [-0.1, -0.05) is 0 Å². The molecule has 0 nitrogen and oxygen atoms in total. The third-order valence-corrected chi connectivity index (χ3v) is 3.06.